The molecule has 88 valence electrons. The van der Waals surface area contributed by atoms with Gasteiger partial charge in [0, 0.05) is 6.20 Å². The minimum atomic E-state index is -4.52. The van der Waals surface area contributed by atoms with Gasteiger partial charge in [-0.05, 0) is 12.1 Å². The number of halogens is 3. The Morgan fingerprint density at radius 1 is 1.50 bits per heavy atom. The zero-order valence-electron chi connectivity index (χ0n) is 7.99. The molecule has 0 atom stereocenters. The predicted octanol–water partition coefficient (Wildman–Crippen LogP) is 1.27. The highest BCUT2D eigenvalue weighted by atomic mass is 19.4. The number of hydrogen-bond acceptors (Lipinski definition) is 4. The molecule has 0 spiro atoms. The molecule has 1 rings (SSSR count). The van der Waals surface area contributed by atoms with E-state index in [1.807, 2.05) is 0 Å². The minimum absolute atomic E-state index is 0.0372. The standard InChI is InChI=1S/C8H8F3N3O2/c9-8(10,11)5-16-7(15)12-4-6-2-1-3-13-14-6/h1-3H,4-5H2,(H,12,15). The summed E-state index contributed by atoms with van der Waals surface area (Å²) in [5.74, 6) is 0. The monoisotopic (exact) mass is 235 g/mol. The Kier molecular flexibility index (Phi) is 4.03. The third kappa shape index (κ3) is 5.13. The van der Waals surface area contributed by atoms with Gasteiger partial charge in [-0.25, -0.2) is 4.79 Å². The van der Waals surface area contributed by atoms with Crippen molar-refractivity contribution in [1.82, 2.24) is 15.5 Å². The van der Waals surface area contributed by atoms with Gasteiger partial charge in [0.1, 0.15) is 0 Å². The predicted molar refractivity (Wildman–Crippen MR) is 46.3 cm³/mol. The number of carbonyl (C=O) groups is 1. The summed E-state index contributed by atoms with van der Waals surface area (Å²) in [6.07, 6.45) is -4.24. The smallest absolute Gasteiger partial charge is 0.422 e. The van der Waals surface area contributed by atoms with Crippen LogP contribution in [0.4, 0.5) is 18.0 Å². The second kappa shape index (κ2) is 5.29. The van der Waals surface area contributed by atoms with Crippen molar-refractivity contribution in [2.75, 3.05) is 6.61 Å². The van der Waals surface area contributed by atoms with Gasteiger partial charge in [0.05, 0.1) is 12.2 Å². The first-order valence-corrected chi connectivity index (χ1v) is 4.21. The lowest BCUT2D eigenvalue weighted by atomic mass is 10.4. The first-order chi connectivity index (χ1) is 7.47. The molecule has 0 aliphatic carbocycles. The van der Waals surface area contributed by atoms with E-state index in [0.717, 1.165) is 0 Å². The van der Waals surface area contributed by atoms with Gasteiger partial charge >= 0.3 is 12.3 Å². The summed E-state index contributed by atoms with van der Waals surface area (Å²) in [7, 11) is 0. The fourth-order valence-corrected chi connectivity index (χ4v) is 0.789. The molecular formula is C8H8F3N3O2. The van der Waals surface area contributed by atoms with Crippen LogP contribution in [-0.2, 0) is 11.3 Å². The van der Waals surface area contributed by atoms with E-state index in [0.29, 0.717) is 5.69 Å². The molecule has 5 nitrogen and oxygen atoms in total. The molecule has 1 heterocycles. The van der Waals surface area contributed by atoms with Crippen molar-refractivity contribution in [1.29, 1.82) is 0 Å². The van der Waals surface area contributed by atoms with Gasteiger partial charge < -0.3 is 10.1 Å². The number of carbonyl (C=O) groups excluding carboxylic acids is 1. The molecule has 1 amide bonds. The van der Waals surface area contributed by atoms with E-state index in [1.165, 1.54) is 6.20 Å². The third-order valence-electron chi connectivity index (χ3n) is 1.41. The zero-order valence-corrected chi connectivity index (χ0v) is 7.99. The number of alkyl halides is 3. The van der Waals surface area contributed by atoms with Crippen LogP contribution in [0, 0.1) is 0 Å². The number of nitrogens with zero attached hydrogens (tertiary/aromatic N) is 2. The number of alkyl carbamates (subject to hydrolysis) is 1. The number of aromatic nitrogens is 2. The fourth-order valence-electron chi connectivity index (χ4n) is 0.789. The Morgan fingerprint density at radius 2 is 2.25 bits per heavy atom. The van der Waals surface area contributed by atoms with Crippen molar-refractivity contribution < 1.29 is 22.7 Å². The van der Waals surface area contributed by atoms with Gasteiger partial charge in [0.25, 0.3) is 0 Å². The molecule has 0 radical (unpaired) electrons. The molecular weight excluding hydrogens is 227 g/mol. The molecule has 0 aromatic carbocycles. The maximum Gasteiger partial charge on any atom is 0.422 e. The molecule has 0 aliphatic heterocycles. The molecule has 1 aromatic heterocycles. The summed E-state index contributed by atoms with van der Waals surface area (Å²) in [5, 5.41) is 9.25. The van der Waals surface area contributed by atoms with Crippen molar-refractivity contribution in [3.8, 4) is 0 Å². The van der Waals surface area contributed by atoms with Gasteiger partial charge in [-0.2, -0.15) is 23.4 Å². The Morgan fingerprint density at radius 3 is 2.81 bits per heavy atom. The summed E-state index contributed by atoms with van der Waals surface area (Å²) >= 11 is 0. The quantitative estimate of drug-likeness (QED) is 0.856. The topological polar surface area (TPSA) is 64.1 Å². The van der Waals surface area contributed by atoms with E-state index < -0.39 is 18.9 Å². The van der Waals surface area contributed by atoms with E-state index in [4.69, 9.17) is 0 Å². The van der Waals surface area contributed by atoms with Gasteiger partial charge in [-0.1, -0.05) is 0 Å². The Balaban J connectivity index is 2.26. The van der Waals surface area contributed by atoms with Crippen LogP contribution in [0.15, 0.2) is 18.3 Å². The second-order valence-electron chi connectivity index (χ2n) is 2.76. The molecule has 0 saturated carbocycles. The van der Waals surface area contributed by atoms with E-state index in [9.17, 15) is 18.0 Å². The van der Waals surface area contributed by atoms with Gasteiger partial charge in [-0.15, -0.1) is 0 Å². The molecule has 0 fully saturated rings. The number of ether oxygens (including phenoxy) is 1. The first-order valence-electron chi connectivity index (χ1n) is 4.21. The molecule has 1 aromatic rings. The Bertz CT molecular complexity index is 342. The van der Waals surface area contributed by atoms with Crippen molar-refractivity contribution in [2.45, 2.75) is 12.7 Å². The lowest BCUT2D eigenvalue weighted by Gasteiger charge is -2.08. The zero-order chi connectivity index (χ0) is 12.0. The molecule has 1 N–H and O–H groups in total. The maximum atomic E-state index is 11.7. The highest BCUT2D eigenvalue weighted by Crippen LogP contribution is 2.14. The van der Waals surface area contributed by atoms with Crippen LogP contribution in [-0.4, -0.2) is 29.1 Å². The fraction of sp³-hybridized carbons (Fsp3) is 0.375. The lowest BCUT2D eigenvalue weighted by Crippen LogP contribution is -2.28. The molecule has 0 unspecified atom stereocenters. The Labute approximate surface area is 88.6 Å². The molecule has 0 bridgehead atoms. The number of hydrogen-bond donors (Lipinski definition) is 1. The summed E-state index contributed by atoms with van der Waals surface area (Å²) in [5.41, 5.74) is 0.423. The van der Waals surface area contributed by atoms with Gasteiger partial charge in [0.2, 0.25) is 0 Å². The average molecular weight is 235 g/mol. The molecule has 8 heteroatoms. The van der Waals surface area contributed by atoms with Crippen LogP contribution >= 0.6 is 0 Å². The van der Waals surface area contributed by atoms with E-state index in [2.05, 4.69) is 20.3 Å². The number of nitrogens with one attached hydrogen (secondary N) is 1. The van der Waals surface area contributed by atoms with Gasteiger partial charge in [0.15, 0.2) is 6.61 Å². The summed E-state index contributed by atoms with van der Waals surface area (Å²) in [6.45, 7) is -1.65. The van der Waals surface area contributed by atoms with Crippen LogP contribution in [0.5, 0.6) is 0 Å². The van der Waals surface area contributed by atoms with Gasteiger partial charge in [-0.3, -0.25) is 0 Å². The van der Waals surface area contributed by atoms with Crippen LogP contribution in [0.2, 0.25) is 0 Å². The number of amides is 1. The summed E-state index contributed by atoms with van der Waals surface area (Å²) in [6, 6.07) is 3.15. The third-order valence-corrected chi connectivity index (χ3v) is 1.41. The Hall–Kier alpha value is -1.86. The second-order valence-corrected chi connectivity index (χ2v) is 2.76. The molecule has 0 aliphatic rings. The van der Waals surface area contributed by atoms with Crippen LogP contribution in [0.1, 0.15) is 5.69 Å². The maximum absolute atomic E-state index is 11.7. The van der Waals surface area contributed by atoms with Crippen LogP contribution in [0.3, 0.4) is 0 Å². The summed E-state index contributed by atoms with van der Waals surface area (Å²) < 4.78 is 38.9. The minimum Gasteiger partial charge on any atom is -0.440 e. The molecule has 16 heavy (non-hydrogen) atoms. The highest BCUT2D eigenvalue weighted by molar-refractivity contribution is 5.67. The van der Waals surface area contributed by atoms with E-state index >= 15 is 0 Å². The lowest BCUT2D eigenvalue weighted by molar-refractivity contribution is -0.160. The van der Waals surface area contributed by atoms with Crippen molar-refractivity contribution >= 4 is 6.09 Å². The summed E-state index contributed by atoms with van der Waals surface area (Å²) in [4.78, 5) is 10.8. The first kappa shape index (κ1) is 12.2. The average Bonchev–Trinajstić information content (AvgIpc) is 2.24. The number of rotatable bonds is 3. The van der Waals surface area contributed by atoms with Crippen LogP contribution in [0.25, 0.3) is 0 Å². The van der Waals surface area contributed by atoms with Crippen LogP contribution < -0.4 is 5.32 Å². The van der Waals surface area contributed by atoms with E-state index in [-0.39, 0.29) is 6.54 Å². The normalized spacial score (nSPS) is 10.9. The van der Waals surface area contributed by atoms with Crippen molar-refractivity contribution in [3.05, 3.63) is 24.0 Å². The van der Waals surface area contributed by atoms with Crippen molar-refractivity contribution in [3.63, 3.8) is 0 Å². The largest absolute Gasteiger partial charge is 0.440 e. The molecule has 0 saturated heterocycles. The highest BCUT2D eigenvalue weighted by Gasteiger charge is 2.29. The van der Waals surface area contributed by atoms with E-state index in [1.54, 1.807) is 12.1 Å². The van der Waals surface area contributed by atoms with Crippen molar-refractivity contribution in [2.24, 2.45) is 0 Å². The SMILES string of the molecule is O=C(NCc1cccnn1)OCC(F)(F)F.